The van der Waals surface area contributed by atoms with Gasteiger partial charge in [-0.3, -0.25) is 4.98 Å². The van der Waals surface area contributed by atoms with Crippen molar-refractivity contribution in [3.8, 4) is 22.9 Å². The Morgan fingerprint density at radius 1 is 1.17 bits per heavy atom. The van der Waals surface area contributed by atoms with Gasteiger partial charge in [0.05, 0.1) is 20.6 Å². The number of methoxy groups -OCH3 is 2. The Morgan fingerprint density at radius 3 is 2.76 bits per heavy atom. The first-order valence-corrected chi connectivity index (χ1v) is 8.91. The number of halogens is 2. The quantitative estimate of drug-likeness (QED) is 0.651. The number of nitrogens with zero attached hydrogens (tertiary/aromatic N) is 3. The molecule has 1 N–H and O–H groups in total. The summed E-state index contributed by atoms with van der Waals surface area (Å²) < 4.78 is 16.2. The maximum atomic E-state index is 5.53. The van der Waals surface area contributed by atoms with Gasteiger partial charge in [0.1, 0.15) is 11.5 Å². The SMILES string of the molecule is COc1ccc(Cc2nc(-c3c(C)ncc4c3CCNC4)no2)c(OC)c1.Cl.Cl. The van der Waals surface area contributed by atoms with Crippen LogP contribution in [0.1, 0.15) is 28.3 Å². The summed E-state index contributed by atoms with van der Waals surface area (Å²) >= 11 is 0. The molecule has 1 aliphatic rings. The minimum atomic E-state index is 0. The molecule has 0 saturated heterocycles. The van der Waals surface area contributed by atoms with E-state index in [-0.39, 0.29) is 24.8 Å². The van der Waals surface area contributed by atoms with E-state index in [0.717, 1.165) is 47.8 Å². The van der Waals surface area contributed by atoms with Crippen LogP contribution in [0.3, 0.4) is 0 Å². The Kier molecular flexibility index (Phi) is 7.84. The minimum Gasteiger partial charge on any atom is -0.497 e. The first-order valence-electron chi connectivity index (χ1n) is 8.91. The number of hydrogen-bond acceptors (Lipinski definition) is 7. The van der Waals surface area contributed by atoms with Crippen LogP contribution in [0.25, 0.3) is 11.4 Å². The topological polar surface area (TPSA) is 82.3 Å². The predicted molar refractivity (Wildman–Crippen MR) is 115 cm³/mol. The molecule has 4 rings (SSSR count). The van der Waals surface area contributed by atoms with Gasteiger partial charge in [-0.25, -0.2) is 0 Å². The molecule has 0 unspecified atom stereocenters. The van der Waals surface area contributed by atoms with Gasteiger partial charge in [-0.2, -0.15) is 4.98 Å². The van der Waals surface area contributed by atoms with Crippen LogP contribution in [0, 0.1) is 6.92 Å². The molecule has 0 saturated carbocycles. The third-order valence-corrected chi connectivity index (χ3v) is 4.86. The average molecular weight is 439 g/mol. The number of aryl methyl sites for hydroxylation is 1. The first kappa shape index (κ1) is 22.9. The van der Waals surface area contributed by atoms with Crippen molar-refractivity contribution >= 4 is 24.8 Å². The summed E-state index contributed by atoms with van der Waals surface area (Å²) in [7, 11) is 3.27. The zero-order chi connectivity index (χ0) is 18.8. The third kappa shape index (κ3) is 4.63. The van der Waals surface area contributed by atoms with Gasteiger partial charge in [-0.15, -0.1) is 24.8 Å². The normalized spacial score (nSPS) is 12.4. The number of hydrogen-bond donors (Lipinski definition) is 1. The lowest BCUT2D eigenvalue weighted by atomic mass is 9.95. The second-order valence-electron chi connectivity index (χ2n) is 6.52. The van der Waals surface area contributed by atoms with Crippen molar-refractivity contribution in [1.82, 2.24) is 20.4 Å². The van der Waals surface area contributed by atoms with Crippen LogP contribution in [0.4, 0.5) is 0 Å². The maximum Gasteiger partial charge on any atom is 0.231 e. The van der Waals surface area contributed by atoms with Crippen LogP contribution in [-0.4, -0.2) is 35.9 Å². The van der Waals surface area contributed by atoms with E-state index < -0.39 is 0 Å². The Hall–Kier alpha value is -2.35. The molecule has 0 atom stereocenters. The van der Waals surface area contributed by atoms with Crippen molar-refractivity contribution < 1.29 is 14.0 Å². The molecule has 156 valence electrons. The van der Waals surface area contributed by atoms with E-state index >= 15 is 0 Å². The fraction of sp³-hybridized carbons (Fsp3) is 0.350. The van der Waals surface area contributed by atoms with Gasteiger partial charge >= 0.3 is 0 Å². The molecule has 9 heteroatoms. The van der Waals surface area contributed by atoms with E-state index in [9.17, 15) is 0 Å². The van der Waals surface area contributed by atoms with E-state index in [2.05, 4.69) is 20.4 Å². The highest BCUT2D eigenvalue weighted by Crippen LogP contribution is 2.30. The van der Waals surface area contributed by atoms with Crippen molar-refractivity contribution in [1.29, 1.82) is 0 Å². The summed E-state index contributed by atoms with van der Waals surface area (Å²) in [5, 5.41) is 7.60. The van der Waals surface area contributed by atoms with E-state index in [0.29, 0.717) is 18.1 Å². The summed E-state index contributed by atoms with van der Waals surface area (Å²) in [5.41, 5.74) is 5.33. The van der Waals surface area contributed by atoms with Crippen LogP contribution in [0.2, 0.25) is 0 Å². The third-order valence-electron chi connectivity index (χ3n) is 4.86. The number of rotatable bonds is 5. The monoisotopic (exact) mass is 438 g/mol. The molecule has 29 heavy (non-hydrogen) atoms. The maximum absolute atomic E-state index is 5.53. The number of nitrogens with one attached hydrogen (secondary N) is 1. The highest BCUT2D eigenvalue weighted by molar-refractivity contribution is 5.85. The standard InChI is InChI=1S/C20H22N4O3.2ClH/c1-12-19(16-6-7-21-10-14(16)11-22-12)20-23-18(27-24-20)8-13-4-5-15(25-2)9-17(13)26-3;;/h4-5,9,11,21H,6-8,10H2,1-3H3;2*1H. The van der Waals surface area contributed by atoms with Crippen molar-refractivity contribution in [3.05, 3.63) is 52.7 Å². The number of fused-ring (bicyclic) bond motifs is 1. The molecule has 3 heterocycles. The lowest BCUT2D eigenvalue weighted by Gasteiger charge is -2.19. The van der Waals surface area contributed by atoms with E-state index in [4.69, 9.17) is 14.0 Å². The zero-order valence-electron chi connectivity index (χ0n) is 16.5. The number of benzene rings is 1. The molecule has 0 bridgehead atoms. The fourth-order valence-corrected chi connectivity index (χ4v) is 3.46. The van der Waals surface area contributed by atoms with E-state index in [1.165, 1.54) is 11.1 Å². The largest absolute Gasteiger partial charge is 0.497 e. The zero-order valence-corrected chi connectivity index (χ0v) is 18.2. The van der Waals surface area contributed by atoms with Gasteiger partial charge < -0.3 is 19.3 Å². The number of pyridine rings is 1. The lowest BCUT2D eigenvalue weighted by molar-refractivity contribution is 0.376. The average Bonchev–Trinajstić information content (AvgIpc) is 3.16. The Morgan fingerprint density at radius 2 is 2.00 bits per heavy atom. The second kappa shape index (κ2) is 9.91. The molecular formula is C20H24Cl2N4O3. The molecular weight excluding hydrogens is 415 g/mol. The lowest BCUT2D eigenvalue weighted by Crippen LogP contribution is -2.24. The number of ether oxygens (including phenoxy) is 2. The van der Waals surface area contributed by atoms with Crippen LogP contribution in [-0.2, 0) is 19.4 Å². The Bertz CT molecular complexity index is 978. The summed E-state index contributed by atoms with van der Waals surface area (Å²) in [4.78, 5) is 9.15. The van der Waals surface area contributed by atoms with Crippen LogP contribution in [0.15, 0.2) is 28.9 Å². The van der Waals surface area contributed by atoms with Crippen LogP contribution >= 0.6 is 24.8 Å². The molecule has 1 aromatic carbocycles. The van der Waals surface area contributed by atoms with Gasteiger partial charge in [0.2, 0.25) is 11.7 Å². The molecule has 2 aromatic heterocycles. The van der Waals surface area contributed by atoms with Gasteiger partial charge in [0.15, 0.2) is 0 Å². The predicted octanol–water partition coefficient (Wildman–Crippen LogP) is 3.54. The van der Waals surface area contributed by atoms with E-state index in [1.807, 2.05) is 31.3 Å². The second-order valence-corrected chi connectivity index (χ2v) is 6.52. The van der Waals surface area contributed by atoms with Gasteiger partial charge in [-0.1, -0.05) is 11.2 Å². The van der Waals surface area contributed by atoms with Gasteiger partial charge in [0.25, 0.3) is 0 Å². The molecule has 1 aliphatic heterocycles. The van der Waals surface area contributed by atoms with Gasteiger partial charge in [0, 0.05) is 35.6 Å². The molecule has 3 aromatic rings. The molecule has 0 fully saturated rings. The highest BCUT2D eigenvalue weighted by Gasteiger charge is 2.21. The minimum absolute atomic E-state index is 0. The summed E-state index contributed by atoms with van der Waals surface area (Å²) in [6, 6.07) is 5.69. The van der Waals surface area contributed by atoms with Crippen molar-refractivity contribution in [2.45, 2.75) is 26.3 Å². The molecule has 7 nitrogen and oxygen atoms in total. The van der Waals surface area contributed by atoms with Crippen LogP contribution in [0.5, 0.6) is 11.5 Å². The molecule has 0 radical (unpaired) electrons. The van der Waals surface area contributed by atoms with Crippen molar-refractivity contribution in [2.75, 3.05) is 20.8 Å². The molecule has 0 aliphatic carbocycles. The first-order chi connectivity index (χ1) is 13.2. The Balaban J connectivity index is 0.00000150. The summed E-state index contributed by atoms with van der Waals surface area (Å²) in [6.07, 6.45) is 3.36. The number of aromatic nitrogens is 3. The van der Waals surface area contributed by atoms with E-state index in [1.54, 1.807) is 14.2 Å². The van der Waals surface area contributed by atoms with Crippen LogP contribution < -0.4 is 14.8 Å². The van der Waals surface area contributed by atoms with Gasteiger partial charge in [-0.05, 0) is 37.1 Å². The fourth-order valence-electron chi connectivity index (χ4n) is 3.46. The summed E-state index contributed by atoms with van der Waals surface area (Å²) in [6.45, 7) is 3.75. The Labute approximate surface area is 182 Å². The summed E-state index contributed by atoms with van der Waals surface area (Å²) in [5.74, 6) is 2.61. The molecule has 0 amide bonds. The van der Waals surface area contributed by atoms with Crippen molar-refractivity contribution in [3.63, 3.8) is 0 Å². The van der Waals surface area contributed by atoms with Crippen molar-refractivity contribution in [2.24, 2.45) is 0 Å². The highest BCUT2D eigenvalue weighted by atomic mass is 35.5. The molecule has 0 spiro atoms. The smallest absolute Gasteiger partial charge is 0.231 e.